The van der Waals surface area contributed by atoms with Crippen molar-refractivity contribution in [2.75, 3.05) is 26.2 Å². The fourth-order valence-corrected chi connectivity index (χ4v) is 1.07. The molecule has 84 valence electrons. The smallest absolute Gasteiger partial charge is 0.233 e. The Balaban J connectivity index is 3.22. The first-order valence-corrected chi connectivity index (χ1v) is 5.29. The van der Waals surface area contributed by atoms with Crippen molar-refractivity contribution in [3.8, 4) is 0 Å². The summed E-state index contributed by atoms with van der Waals surface area (Å²) >= 11 is 0. The molecular weight excluding hydrogens is 180 g/mol. The first-order chi connectivity index (χ1) is 6.70. The van der Waals surface area contributed by atoms with Gasteiger partial charge in [-0.1, -0.05) is 13.8 Å². The maximum Gasteiger partial charge on any atom is 0.233 e. The van der Waals surface area contributed by atoms with Crippen LogP contribution < -0.4 is 10.6 Å². The van der Waals surface area contributed by atoms with E-state index in [1.165, 1.54) is 0 Å². The molecule has 0 spiro atoms. The molecule has 0 aromatic rings. The average Bonchev–Trinajstić information content (AvgIpc) is 2.21. The molecular formula is C10H22N2O2. The van der Waals surface area contributed by atoms with Gasteiger partial charge >= 0.3 is 0 Å². The lowest BCUT2D eigenvalue weighted by Crippen LogP contribution is -2.34. The van der Waals surface area contributed by atoms with Crippen LogP contribution in [0.2, 0.25) is 0 Å². The van der Waals surface area contributed by atoms with Crippen LogP contribution in [0.3, 0.4) is 0 Å². The molecule has 0 radical (unpaired) electrons. The zero-order valence-corrected chi connectivity index (χ0v) is 9.18. The number of rotatable bonds is 8. The normalized spacial score (nSPS) is 12.5. The average molecular weight is 202 g/mol. The molecule has 4 nitrogen and oxygen atoms in total. The maximum absolute atomic E-state index is 11.1. The SMILES string of the molecule is CCNCC(=O)NCCCC(C)CO. The second-order valence-electron chi connectivity index (χ2n) is 3.56. The minimum absolute atomic E-state index is 0.0449. The summed E-state index contributed by atoms with van der Waals surface area (Å²) in [4.78, 5) is 11.1. The predicted octanol–water partition coefficient (Wildman–Crippen LogP) is 0.121. The maximum atomic E-state index is 11.1. The van der Waals surface area contributed by atoms with Gasteiger partial charge in [-0.05, 0) is 25.3 Å². The molecule has 0 aliphatic heterocycles. The number of amides is 1. The minimum atomic E-state index is 0.0449. The molecule has 0 bridgehead atoms. The van der Waals surface area contributed by atoms with Crippen LogP contribution in [0.1, 0.15) is 26.7 Å². The molecule has 0 aliphatic rings. The Morgan fingerprint density at radius 1 is 1.50 bits per heavy atom. The molecule has 0 aromatic carbocycles. The molecule has 0 saturated heterocycles. The molecule has 0 aliphatic carbocycles. The molecule has 4 heteroatoms. The van der Waals surface area contributed by atoms with Crippen LogP contribution in [0.15, 0.2) is 0 Å². The van der Waals surface area contributed by atoms with Crippen molar-refractivity contribution < 1.29 is 9.90 Å². The van der Waals surface area contributed by atoms with Gasteiger partial charge in [-0.15, -0.1) is 0 Å². The summed E-state index contributed by atoms with van der Waals surface area (Å²) in [6.45, 7) is 6.11. The van der Waals surface area contributed by atoms with Crippen LogP contribution >= 0.6 is 0 Å². The van der Waals surface area contributed by atoms with E-state index in [1.54, 1.807) is 0 Å². The molecule has 0 saturated carbocycles. The molecule has 1 amide bonds. The van der Waals surface area contributed by atoms with Gasteiger partial charge in [0.1, 0.15) is 0 Å². The van der Waals surface area contributed by atoms with Gasteiger partial charge in [0.05, 0.1) is 6.54 Å². The Morgan fingerprint density at radius 3 is 2.79 bits per heavy atom. The Labute approximate surface area is 86.1 Å². The molecule has 0 heterocycles. The van der Waals surface area contributed by atoms with E-state index in [0.29, 0.717) is 19.0 Å². The van der Waals surface area contributed by atoms with E-state index in [2.05, 4.69) is 10.6 Å². The summed E-state index contributed by atoms with van der Waals surface area (Å²) in [5.41, 5.74) is 0. The lowest BCUT2D eigenvalue weighted by molar-refractivity contribution is -0.120. The van der Waals surface area contributed by atoms with Gasteiger partial charge in [0.25, 0.3) is 0 Å². The van der Waals surface area contributed by atoms with Crippen molar-refractivity contribution in [2.45, 2.75) is 26.7 Å². The third-order valence-corrected chi connectivity index (χ3v) is 2.04. The number of aliphatic hydroxyl groups excluding tert-OH is 1. The Hall–Kier alpha value is -0.610. The summed E-state index contributed by atoms with van der Waals surface area (Å²) in [7, 11) is 0. The number of nitrogens with one attached hydrogen (secondary N) is 2. The second-order valence-corrected chi connectivity index (χ2v) is 3.56. The van der Waals surface area contributed by atoms with Crippen LogP contribution in [0, 0.1) is 5.92 Å². The van der Waals surface area contributed by atoms with Gasteiger partial charge < -0.3 is 15.7 Å². The Bertz CT molecular complexity index is 151. The third-order valence-electron chi connectivity index (χ3n) is 2.04. The highest BCUT2D eigenvalue weighted by Crippen LogP contribution is 2.02. The summed E-state index contributed by atoms with van der Waals surface area (Å²) in [5, 5.41) is 14.5. The fraction of sp³-hybridized carbons (Fsp3) is 0.900. The van der Waals surface area contributed by atoms with E-state index in [9.17, 15) is 4.79 Å². The molecule has 1 unspecified atom stereocenters. The lowest BCUT2D eigenvalue weighted by Gasteiger charge is -2.08. The van der Waals surface area contributed by atoms with Crippen molar-refractivity contribution in [3.63, 3.8) is 0 Å². The minimum Gasteiger partial charge on any atom is -0.396 e. The molecule has 3 N–H and O–H groups in total. The van der Waals surface area contributed by atoms with E-state index in [0.717, 1.165) is 19.4 Å². The zero-order chi connectivity index (χ0) is 10.8. The van der Waals surface area contributed by atoms with Gasteiger partial charge in [0.15, 0.2) is 0 Å². The van der Waals surface area contributed by atoms with Crippen LogP contribution in [-0.4, -0.2) is 37.3 Å². The van der Waals surface area contributed by atoms with Gasteiger partial charge in [0.2, 0.25) is 5.91 Å². The van der Waals surface area contributed by atoms with E-state index in [-0.39, 0.29) is 12.5 Å². The van der Waals surface area contributed by atoms with Crippen molar-refractivity contribution in [2.24, 2.45) is 5.92 Å². The molecule has 0 fully saturated rings. The zero-order valence-electron chi connectivity index (χ0n) is 9.18. The van der Waals surface area contributed by atoms with Crippen LogP contribution in [0.4, 0.5) is 0 Å². The van der Waals surface area contributed by atoms with E-state index in [4.69, 9.17) is 5.11 Å². The number of aliphatic hydroxyl groups is 1. The van der Waals surface area contributed by atoms with Gasteiger partial charge in [-0.25, -0.2) is 0 Å². The number of carbonyl (C=O) groups excluding carboxylic acids is 1. The third kappa shape index (κ3) is 8.01. The van der Waals surface area contributed by atoms with Crippen molar-refractivity contribution >= 4 is 5.91 Å². The highest BCUT2D eigenvalue weighted by Gasteiger charge is 2.01. The van der Waals surface area contributed by atoms with Gasteiger partial charge in [-0.3, -0.25) is 4.79 Å². The van der Waals surface area contributed by atoms with Crippen molar-refractivity contribution in [1.82, 2.24) is 10.6 Å². The quantitative estimate of drug-likeness (QED) is 0.490. The number of hydrogen-bond acceptors (Lipinski definition) is 3. The highest BCUT2D eigenvalue weighted by molar-refractivity contribution is 5.77. The van der Waals surface area contributed by atoms with E-state index >= 15 is 0 Å². The Kier molecular flexibility index (Phi) is 8.57. The lowest BCUT2D eigenvalue weighted by atomic mass is 10.1. The van der Waals surface area contributed by atoms with E-state index in [1.807, 2.05) is 13.8 Å². The largest absolute Gasteiger partial charge is 0.396 e. The first kappa shape index (κ1) is 13.4. The molecule has 0 aromatic heterocycles. The van der Waals surface area contributed by atoms with Crippen LogP contribution in [0.5, 0.6) is 0 Å². The Morgan fingerprint density at radius 2 is 2.21 bits per heavy atom. The van der Waals surface area contributed by atoms with Gasteiger partial charge in [0, 0.05) is 13.2 Å². The summed E-state index contributed by atoms with van der Waals surface area (Å²) in [6.07, 6.45) is 1.89. The summed E-state index contributed by atoms with van der Waals surface area (Å²) in [6, 6.07) is 0. The second kappa shape index (κ2) is 8.97. The molecule has 14 heavy (non-hydrogen) atoms. The predicted molar refractivity (Wildman–Crippen MR) is 57.0 cm³/mol. The first-order valence-electron chi connectivity index (χ1n) is 5.29. The van der Waals surface area contributed by atoms with Crippen LogP contribution in [-0.2, 0) is 4.79 Å². The van der Waals surface area contributed by atoms with Gasteiger partial charge in [-0.2, -0.15) is 0 Å². The summed E-state index contributed by atoms with van der Waals surface area (Å²) < 4.78 is 0. The highest BCUT2D eigenvalue weighted by atomic mass is 16.3. The summed E-state index contributed by atoms with van der Waals surface area (Å²) in [5.74, 6) is 0.379. The van der Waals surface area contributed by atoms with Crippen molar-refractivity contribution in [1.29, 1.82) is 0 Å². The number of carbonyl (C=O) groups is 1. The number of hydrogen-bond donors (Lipinski definition) is 3. The van der Waals surface area contributed by atoms with E-state index < -0.39 is 0 Å². The van der Waals surface area contributed by atoms with Crippen molar-refractivity contribution in [3.05, 3.63) is 0 Å². The monoisotopic (exact) mass is 202 g/mol. The molecule has 1 atom stereocenters. The standard InChI is InChI=1S/C10H22N2O2/c1-3-11-7-10(14)12-6-4-5-9(2)8-13/h9,11,13H,3-8H2,1-2H3,(H,12,14). The number of likely N-dealkylation sites (N-methyl/N-ethyl adjacent to an activating group) is 1. The topological polar surface area (TPSA) is 61.4 Å². The fourth-order valence-electron chi connectivity index (χ4n) is 1.07. The van der Waals surface area contributed by atoms with Crippen LogP contribution in [0.25, 0.3) is 0 Å². The molecule has 0 rings (SSSR count).